The van der Waals surface area contributed by atoms with E-state index in [9.17, 15) is 0 Å². The zero-order chi connectivity index (χ0) is 31.0. The van der Waals surface area contributed by atoms with Crippen LogP contribution in [0.1, 0.15) is 22.5 Å². The third-order valence-corrected chi connectivity index (χ3v) is 10.0. The minimum atomic E-state index is -0.873. The highest BCUT2D eigenvalue weighted by Gasteiger charge is 2.46. The maximum absolute atomic E-state index is 7.71. The van der Waals surface area contributed by atoms with Crippen LogP contribution in [0.25, 0.3) is 0 Å². The first-order valence-electron chi connectivity index (χ1n) is 15.4. The first-order valence-corrected chi connectivity index (χ1v) is 18.2. The van der Waals surface area contributed by atoms with Gasteiger partial charge in [-0.05, 0) is 59.6 Å². The van der Waals surface area contributed by atoms with Crippen LogP contribution in [0.2, 0.25) is 12.1 Å². The molecule has 0 aliphatic heterocycles. The Balaban J connectivity index is 1.51. The summed E-state index contributed by atoms with van der Waals surface area (Å²) in [5, 5.41) is 0. The van der Waals surface area contributed by atoms with E-state index < -0.39 is 11.2 Å². The summed E-state index contributed by atoms with van der Waals surface area (Å²) in [5.74, 6) is 2.50. The zero-order valence-electron chi connectivity index (χ0n) is 25.5. The fourth-order valence-corrected chi connectivity index (χ4v) is 7.59. The number of aromatic nitrogens is 2. The molecular formula is C38H36N2O3Si2. The molecule has 5 nitrogen and oxygen atoms in total. The number of para-hydroxylation sites is 2. The van der Waals surface area contributed by atoms with Gasteiger partial charge in [0.2, 0.25) is 11.8 Å². The minimum absolute atomic E-state index is 0.519. The van der Waals surface area contributed by atoms with E-state index in [0.29, 0.717) is 11.8 Å². The SMILES string of the molecule is [SiH3]CC(OC(C[SiH3])(c1ccccc1)c1cccc(Oc2ccccc2)n1)(c1ccccc1)c1cccc(Oc2ccccc2)n1. The number of pyridine rings is 2. The summed E-state index contributed by atoms with van der Waals surface area (Å²) in [4.78, 5) is 10.2. The lowest BCUT2D eigenvalue weighted by Crippen LogP contribution is -2.43. The number of hydrogen-bond donors (Lipinski definition) is 0. The molecule has 2 aromatic heterocycles. The van der Waals surface area contributed by atoms with Gasteiger partial charge in [-0.1, -0.05) is 109 Å². The standard InChI is InChI=1S/C38H36N2O3Si2/c44-27-37(29-15-5-1-6-16-29,33-23-13-25-35(39-33)41-31-19-9-3-10-20-31)43-38(28-45,30-17-7-2-8-18-30)34-24-14-26-36(40-34)42-32-21-11-4-12-22-32/h1-26H,27-28H2,44-45H3. The van der Waals surface area contributed by atoms with Crippen LogP contribution in [-0.2, 0) is 15.9 Å². The molecule has 0 fully saturated rings. The van der Waals surface area contributed by atoms with Gasteiger partial charge in [0.15, 0.2) is 0 Å². The van der Waals surface area contributed by atoms with E-state index in [-0.39, 0.29) is 0 Å². The van der Waals surface area contributed by atoms with Gasteiger partial charge in [-0.15, -0.1) is 0 Å². The molecule has 0 aliphatic rings. The molecule has 2 atom stereocenters. The fourth-order valence-electron chi connectivity index (χ4n) is 5.76. The van der Waals surface area contributed by atoms with Gasteiger partial charge in [-0.2, -0.15) is 0 Å². The predicted octanol–water partition coefficient (Wildman–Crippen LogP) is 6.83. The van der Waals surface area contributed by atoms with Crippen LogP contribution in [0.4, 0.5) is 0 Å². The Bertz CT molecular complexity index is 1680. The molecule has 224 valence electrons. The van der Waals surface area contributed by atoms with Crippen molar-refractivity contribution in [2.45, 2.75) is 23.3 Å². The van der Waals surface area contributed by atoms with Crippen LogP contribution >= 0.6 is 0 Å². The van der Waals surface area contributed by atoms with Crippen LogP contribution < -0.4 is 9.47 Å². The van der Waals surface area contributed by atoms with E-state index in [1.807, 2.05) is 109 Å². The summed E-state index contributed by atoms with van der Waals surface area (Å²) in [6.07, 6.45) is 0. The number of nitrogens with zero attached hydrogens (tertiary/aromatic N) is 2. The van der Waals surface area contributed by atoms with Gasteiger partial charge in [0, 0.05) is 32.6 Å². The van der Waals surface area contributed by atoms with Crippen LogP contribution in [0.5, 0.6) is 23.3 Å². The Labute approximate surface area is 270 Å². The summed E-state index contributed by atoms with van der Waals surface area (Å²) in [6, 6.07) is 53.7. The Morgan fingerprint density at radius 2 is 0.778 bits per heavy atom. The summed E-state index contributed by atoms with van der Waals surface area (Å²) in [6.45, 7) is 0. The molecule has 0 saturated heterocycles. The molecule has 0 radical (unpaired) electrons. The average molecular weight is 625 g/mol. The van der Waals surface area contributed by atoms with Gasteiger partial charge in [0.25, 0.3) is 0 Å². The summed E-state index contributed by atoms with van der Waals surface area (Å²) < 4.78 is 20.1. The van der Waals surface area contributed by atoms with Crippen molar-refractivity contribution in [1.29, 1.82) is 0 Å². The van der Waals surface area contributed by atoms with E-state index in [0.717, 1.165) is 66.6 Å². The lowest BCUT2D eigenvalue weighted by molar-refractivity contribution is -0.110. The van der Waals surface area contributed by atoms with Gasteiger partial charge in [-0.3, -0.25) is 0 Å². The first kappa shape index (κ1) is 30.2. The molecule has 0 aliphatic carbocycles. The van der Waals surface area contributed by atoms with Crippen molar-refractivity contribution in [1.82, 2.24) is 9.97 Å². The molecule has 2 unspecified atom stereocenters. The normalized spacial score (nSPS) is 13.9. The highest BCUT2D eigenvalue weighted by molar-refractivity contribution is 6.10. The van der Waals surface area contributed by atoms with Crippen molar-refractivity contribution in [3.05, 3.63) is 180 Å². The van der Waals surface area contributed by atoms with Gasteiger partial charge >= 0.3 is 0 Å². The molecule has 0 spiro atoms. The van der Waals surface area contributed by atoms with E-state index in [2.05, 4.69) is 48.5 Å². The van der Waals surface area contributed by atoms with Crippen LogP contribution in [0, 0.1) is 0 Å². The van der Waals surface area contributed by atoms with Crippen LogP contribution in [-0.4, -0.2) is 30.5 Å². The molecule has 2 heterocycles. The van der Waals surface area contributed by atoms with Gasteiger partial charge < -0.3 is 14.2 Å². The van der Waals surface area contributed by atoms with E-state index in [1.165, 1.54) is 0 Å². The second-order valence-corrected chi connectivity index (χ2v) is 12.2. The van der Waals surface area contributed by atoms with Gasteiger partial charge in [0.05, 0.1) is 11.4 Å². The van der Waals surface area contributed by atoms with Crippen molar-refractivity contribution in [3.8, 4) is 23.3 Å². The molecule has 0 N–H and O–H groups in total. The molecule has 0 saturated carbocycles. The summed E-state index contributed by atoms with van der Waals surface area (Å²) in [7, 11) is 1.71. The Morgan fingerprint density at radius 3 is 1.13 bits per heavy atom. The van der Waals surface area contributed by atoms with E-state index >= 15 is 0 Å². The smallest absolute Gasteiger partial charge is 0.219 e. The largest absolute Gasteiger partial charge is 0.439 e. The number of rotatable bonds is 12. The van der Waals surface area contributed by atoms with Crippen LogP contribution in [0.15, 0.2) is 158 Å². The Hall–Kier alpha value is -4.83. The fraction of sp³-hybridized carbons (Fsp3) is 0.105. The summed E-state index contributed by atoms with van der Waals surface area (Å²) >= 11 is 0. The highest BCUT2D eigenvalue weighted by atomic mass is 28.1. The minimum Gasteiger partial charge on any atom is -0.439 e. The van der Waals surface area contributed by atoms with Crippen molar-refractivity contribution >= 4 is 20.5 Å². The molecular weight excluding hydrogens is 589 g/mol. The maximum atomic E-state index is 7.71. The van der Waals surface area contributed by atoms with E-state index in [1.54, 1.807) is 0 Å². The van der Waals surface area contributed by atoms with Gasteiger partial charge in [0.1, 0.15) is 22.7 Å². The van der Waals surface area contributed by atoms with Crippen LogP contribution in [0.3, 0.4) is 0 Å². The van der Waals surface area contributed by atoms with Gasteiger partial charge in [-0.25, -0.2) is 9.97 Å². The highest BCUT2D eigenvalue weighted by Crippen LogP contribution is 2.47. The lowest BCUT2D eigenvalue weighted by Gasteiger charge is -2.44. The molecule has 6 aromatic rings. The number of benzene rings is 4. The second kappa shape index (κ2) is 13.9. The van der Waals surface area contributed by atoms with Crippen molar-refractivity contribution in [3.63, 3.8) is 0 Å². The third kappa shape index (κ3) is 6.51. The number of hydrogen-bond acceptors (Lipinski definition) is 5. The zero-order valence-corrected chi connectivity index (χ0v) is 29.5. The first-order chi connectivity index (χ1) is 22.1. The molecule has 45 heavy (non-hydrogen) atoms. The topological polar surface area (TPSA) is 53.5 Å². The van der Waals surface area contributed by atoms with Crippen molar-refractivity contribution < 1.29 is 14.2 Å². The molecule has 6 rings (SSSR count). The van der Waals surface area contributed by atoms with E-state index in [4.69, 9.17) is 24.2 Å². The Morgan fingerprint density at radius 1 is 0.422 bits per heavy atom. The quantitative estimate of drug-likeness (QED) is 0.140. The van der Waals surface area contributed by atoms with Crippen molar-refractivity contribution in [2.75, 3.05) is 0 Å². The molecule has 4 aromatic carbocycles. The maximum Gasteiger partial charge on any atom is 0.219 e. The predicted molar refractivity (Wildman–Crippen MR) is 187 cm³/mol. The lowest BCUT2D eigenvalue weighted by atomic mass is 9.86. The van der Waals surface area contributed by atoms with Crippen molar-refractivity contribution in [2.24, 2.45) is 0 Å². The average Bonchev–Trinajstić information content (AvgIpc) is 3.11. The molecule has 0 amide bonds. The molecule has 0 bridgehead atoms. The molecule has 7 heteroatoms. The number of ether oxygens (including phenoxy) is 3. The second-order valence-electron chi connectivity index (χ2n) is 10.7. The summed E-state index contributed by atoms with van der Waals surface area (Å²) in [5.41, 5.74) is 1.92. The Kier molecular flexibility index (Phi) is 9.31. The third-order valence-electron chi connectivity index (χ3n) is 8.03. The monoisotopic (exact) mass is 624 g/mol.